The second-order valence-corrected chi connectivity index (χ2v) is 3.66. The summed E-state index contributed by atoms with van der Waals surface area (Å²) < 4.78 is 18.6. The molecule has 0 aromatic heterocycles. The molecule has 15 heavy (non-hydrogen) atoms. The van der Waals surface area contributed by atoms with Gasteiger partial charge in [-0.05, 0) is 18.4 Å². The number of benzene rings is 1. The summed E-state index contributed by atoms with van der Waals surface area (Å²) in [6.07, 6.45) is 0.958. The van der Waals surface area contributed by atoms with Crippen LogP contribution in [0.5, 0.6) is 5.75 Å². The fraction of sp³-hybridized carbons (Fsp3) is 0.364. The maximum absolute atomic E-state index is 13.3. The van der Waals surface area contributed by atoms with Crippen molar-refractivity contribution in [3.8, 4) is 5.75 Å². The van der Waals surface area contributed by atoms with Gasteiger partial charge in [-0.3, -0.25) is 4.79 Å². The molecule has 1 aromatic rings. The number of carbonyl (C=O) groups is 1. The number of ether oxygens (including phenoxy) is 1. The molecule has 1 aliphatic heterocycles. The Hall–Kier alpha value is -1.58. The molecule has 1 aromatic carbocycles. The third-order valence-electron chi connectivity index (χ3n) is 2.60. The van der Waals surface area contributed by atoms with Crippen LogP contribution in [-0.4, -0.2) is 12.5 Å². The number of primary amides is 1. The lowest BCUT2D eigenvalue weighted by atomic mass is 9.90. The molecule has 1 unspecified atom stereocenters. The summed E-state index contributed by atoms with van der Waals surface area (Å²) in [5.41, 5.74) is 5.90. The van der Waals surface area contributed by atoms with Crippen molar-refractivity contribution in [2.75, 3.05) is 6.61 Å². The van der Waals surface area contributed by atoms with Gasteiger partial charge >= 0.3 is 0 Å². The first-order valence-electron chi connectivity index (χ1n) is 4.88. The molecule has 0 bridgehead atoms. The van der Waals surface area contributed by atoms with E-state index in [2.05, 4.69) is 0 Å². The first-order chi connectivity index (χ1) is 7.18. The lowest BCUT2D eigenvalue weighted by Gasteiger charge is -2.25. The molecule has 2 N–H and O–H groups in total. The van der Waals surface area contributed by atoms with Crippen molar-refractivity contribution < 1.29 is 13.9 Å². The number of hydrogen-bond donors (Lipinski definition) is 1. The number of para-hydroxylation sites is 1. The minimum absolute atomic E-state index is 0.0121. The summed E-state index contributed by atoms with van der Waals surface area (Å²) in [4.78, 5) is 10.8. The average molecular weight is 209 g/mol. The van der Waals surface area contributed by atoms with Crippen molar-refractivity contribution in [2.24, 2.45) is 5.73 Å². The summed E-state index contributed by atoms with van der Waals surface area (Å²) >= 11 is 0. The summed E-state index contributed by atoms with van der Waals surface area (Å²) in [7, 11) is 0. The van der Waals surface area contributed by atoms with Gasteiger partial charge in [0, 0.05) is 12.0 Å². The Labute approximate surface area is 87.0 Å². The van der Waals surface area contributed by atoms with Gasteiger partial charge in [0.25, 0.3) is 0 Å². The van der Waals surface area contributed by atoms with Crippen molar-refractivity contribution >= 4 is 5.91 Å². The van der Waals surface area contributed by atoms with E-state index in [0.717, 1.165) is 5.56 Å². The predicted octanol–water partition coefficient (Wildman–Crippen LogP) is 1.57. The largest absolute Gasteiger partial charge is 0.490 e. The standard InChI is InChI=1S/C11H12FNO2/c12-9-3-1-2-8-7(6-10(13)14)4-5-15-11(8)9/h1-3,7H,4-6H2,(H2,13,14). The van der Waals surface area contributed by atoms with Crippen molar-refractivity contribution in [3.63, 3.8) is 0 Å². The number of halogens is 1. The van der Waals surface area contributed by atoms with Crippen LogP contribution in [-0.2, 0) is 4.79 Å². The van der Waals surface area contributed by atoms with E-state index in [1.807, 2.05) is 0 Å². The molecule has 1 atom stereocenters. The molecule has 3 nitrogen and oxygen atoms in total. The second kappa shape index (κ2) is 3.88. The number of amides is 1. The maximum Gasteiger partial charge on any atom is 0.218 e. The minimum Gasteiger partial charge on any atom is -0.490 e. The first kappa shape index (κ1) is 9.96. The highest BCUT2D eigenvalue weighted by atomic mass is 19.1. The number of carbonyl (C=O) groups excluding carboxylic acids is 1. The molecule has 80 valence electrons. The van der Waals surface area contributed by atoms with Crippen molar-refractivity contribution in [1.82, 2.24) is 0 Å². The van der Waals surface area contributed by atoms with E-state index in [4.69, 9.17) is 10.5 Å². The molecule has 0 spiro atoms. The van der Waals surface area contributed by atoms with E-state index in [1.54, 1.807) is 12.1 Å². The van der Waals surface area contributed by atoms with Gasteiger partial charge in [-0.1, -0.05) is 12.1 Å². The van der Waals surface area contributed by atoms with Gasteiger partial charge in [0.15, 0.2) is 11.6 Å². The molecule has 0 saturated heterocycles. The van der Waals surface area contributed by atoms with Crippen molar-refractivity contribution in [2.45, 2.75) is 18.8 Å². The van der Waals surface area contributed by atoms with E-state index in [1.165, 1.54) is 6.07 Å². The quantitative estimate of drug-likeness (QED) is 0.803. The van der Waals surface area contributed by atoms with E-state index >= 15 is 0 Å². The smallest absolute Gasteiger partial charge is 0.218 e. The summed E-state index contributed by atoms with van der Waals surface area (Å²) in [5.74, 6) is -0.476. The molecule has 0 aliphatic carbocycles. The van der Waals surface area contributed by atoms with Crippen LogP contribution in [0.3, 0.4) is 0 Å². The van der Waals surface area contributed by atoms with Crippen LogP contribution >= 0.6 is 0 Å². The summed E-state index contributed by atoms with van der Waals surface area (Å²) in [6.45, 7) is 0.436. The Morgan fingerprint density at radius 2 is 2.40 bits per heavy atom. The topological polar surface area (TPSA) is 52.3 Å². The van der Waals surface area contributed by atoms with Gasteiger partial charge in [-0.15, -0.1) is 0 Å². The molecule has 2 rings (SSSR count). The molecule has 0 radical (unpaired) electrons. The second-order valence-electron chi connectivity index (χ2n) is 3.66. The highest BCUT2D eigenvalue weighted by Crippen LogP contribution is 2.37. The third kappa shape index (κ3) is 1.93. The highest BCUT2D eigenvalue weighted by Gasteiger charge is 2.24. The van der Waals surface area contributed by atoms with Crippen LogP contribution < -0.4 is 10.5 Å². The minimum atomic E-state index is -0.373. The van der Waals surface area contributed by atoms with Crippen LogP contribution in [0.25, 0.3) is 0 Å². The average Bonchev–Trinajstić information content (AvgIpc) is 2.19. The zero-order valence-electron chi connectivity index (χ0n) is 8.20. The fourth-order valence-corrected chi connectivity index (χ4v) is 1.91. The van der Waals surface area contributed by atoms with Crippen LogP contribution in [0.1, 0.15) is 24.3 Å². The fourth-order valence-electron chi connectivity index (χ4n) is 1.91. The van der Waals surface area contributed by atoms with E-state index < -0.39 is 0 Å². The van der Waals surface area contributed by atoms with Crippen LogP contribution in [0.15, 0.2) is 18.2 Å². The summed E-state index contributed by atoms with van der Waals surface area (Å²) in [5, 5.41) is 0. The molecular weight excluding hydrogens is 197 g/mol. The molecular formula is C11H12FNO2. The molecule has 0 fully saturated rings. The Kier molecular flexibility index (Phi) is 2.58. The van der Waals surface area contributed by atoms with Gasteiger partial charge in [-0.25, -0.2) is 4.39 Å². The zero-order chi connectivity index (χ0) is 10.8. The lowest BCUT2D eigenvalue weighted by molar-refractivity contribution is -0.118. The highest BCUT2D eigenvalue weighted by molar-refractivity contribution is 5.75. The number of nitrogens with two attached hydrogens (primary N) is 1. The number of rotatable bonds is 2. The third-order valence-corrected chi connectivity index (χ3v) is 2.60. The zero-order valence-corrected chi connectivity index (χ0v) is 8.20. The van der Waals surface area contributed by atoms with E-state index in [-0.39, 0.29) is 29.8 Å². The van der Waals surface area contributed by atoms with Gasteiger partial charge < -0.3 is 10.5 Å². The first-order valence-corrected chi connectivity index (χ1v) is 4.88. The maximum atomic E-state index is 13.3. The van der Waals surface area contributed by atoms with E-state index in [9.17, 15) is 9.18 Å². The van der Waals surface area contributed by atoms with Crippen LogP contribution in [0.4, 0.5) is 4.39 Å². The van der Waals surface area contributed by atoms with Crippen LogP contribution in [0.2, 0.25) is 0 Å². The molecule has 1 aliphatic rings. The molecule has 4 heteroatoms. The van der Waals surface area contributed by atoms with Crippen molar-refractivity contribution in [3.05, 3.63) is 29.6 Å². The van der Waals surface area contributed by atoms with E-state index in [0.29, 0.717) is 13.0 Å². The SMILES string of the molecule is NC(=O)CC1CCOc2c(F)cccc21. The van der Waals surface area contributed by atoms with Crippen LogP contribution in [0, 0.1) is 5.82 Å². The van der Waals surface area contributed by atoms with Gasteiger partial charge in [-0.2, -0.15) is 0 Å². The Bertz CT molecular complexity index is 392. The van der Waals surface area contributed by atoms with Gasteiger partial charge in [0.05, 0.1) is 6.61 Å². The Balaban J connectivity index is 2.34. The predicted molar refractivity (Wildman–Crippen MR) is 53.1 cm³/mol. The Morgan fingerprint density at radius 3 is 3.13 bits per heavy atom. The molecule has 1 heterocycles. The molecule has 1 amide bonds. The van der Waals surface area contributed by atoms with Gasteiger partial charge in [0.2, 0.25) is 5.91 Å². The summed E-state index contributed by atoms with van der Waals surface area (Å²) in [6, 6.07) is 4.76. The Morgan fingerprint density at radius 1 is 1.60 bits per heavy atom. The molecule has 0 saturated carbocycles. The number of fused-ring (bicyclic) bond motifs is 1. The number of hydrogen-bond acceptors (Lipinski definition) is 2. The monoisotopic (exact) mass is 209 g/mol. The normalized spacial score (nSPS) is 19.1. The lowest BCUT2D eigenvalue weighted by Crippen LogP contribution is -2.21. The van der Waals surface area contributed by atoms with Crippen molar-refractivity contribution in [1.29, 1.82) is 0 Å². The van der Waals surface area contributed by atoms with Gasteiger partial charge in [0.1, 0.15) is 0 Å².